The maximum Gasteiger partial charge on any atom is 0.300 e. The molecule has 14 heavy (non-hydrogen) atoms. The van der Waals surface area contributed by atoms with Crippen LogP contribution in [0.4, 0.5) is 0 Å². The molecule has 0 bridgehead atoms. The van der Waals surface area contributed by atoms with Crippen LogP contribution in [0.15, 0.2) is 11.6 Å². The number of aliphatic hydroxyl groups excluding tert-OH is 1. The van der Waals surface area contributed by atoms with Crippen molar-refractivity contribution in [3.8, 4) is 0 Å². The number of carbonyl (C=O) groups is 1. The summed E-state index contributed by atoms with van der Waals surface area (Å²) in [5.41, 5.74) is 1.83. The standard InChI is InChI=1S/C7H16O2Si.C2H4O2/c1-5-9-7(8)6-10(2,3)4;1-2(3)4/h6,8H,5H2,1-4H3;1H3,(H,3,4). The Labute approximate surface area is 86.2 Å². The first-order valence-electron chi connectivity index (χ1n) is 4.43. The first-order valence-corrected chi connectivity index (χ1v) is 8.01. The molecule has 0 saturated carbocycles. The van der Waals surface area contributed by atoms with E-state index in [9.17, 15) is 0 Å². The lowest BCUT2D eigenvalue weighted by molar-refractivity contribution is -0.134. The number of hydrogen-bond acceptors (Lipinski definition) is 3. The fourth-order valence-corrected chi connectivity index (χ4v) is 1.38. The second kappa shape index (κ2) is 7.43. The monoisotopic (exact) mass is 220 g/mol. The molecule has 0 saturated heterocycles. The van der Waals surface area contributed by atoms with Crippen LogP contribution in [0.25, 0.3) is 0 Å². The predicted molar refractivity (Wildman–Crippen MR) is 59.0 cm³/mol. The minimum Gasteiger partial charge on any atom is -0.481 e. The molecule has 0 unspecified atom stereocenters. The number of hydrogen-bond donors (Lipinski definition) is 2. The molecule has 4 nitrogen and oxygen atoms in total. The molecule has 0 aromatic carbocycles. The average Bonchev–Trinajstić information content (AvgIpc) is 1.80. The summed E-state index contributed by atoms with van der Waals surface area (Å²) in [4.78, 5) is 9.00. The minimum absolute atomic E-state index is 0.0849. The van der Waals surface area contributed by atoms with E-state index in [0.29, 0.717) is 6.61 Å². The Bertz CT molecular complexity index is 189. The van der Waals surface area contributed by atoms with Gasteiger partial charge in [0, 0.05) is 6.92 Å². The molecule has 0 heterocycles. The van der Waals surface area contributed by atoms with E-state index in [1.165, 1.54) is 0 Å². The fraction of sp³-hybridized carbons (Fsp3) is 0.667. The summed E-state index contributed by atoms with van der Waals surface area (Å²) in [6.45, 7) is 9.90. The molecule has 0 rings (SSSR count). The molecule has 0 aliphatic rings. The van der Waals surface area contributed by atoms with Gasteiger partial charge in [-0.3, -0.25) is 4.79 Å². The van der Waals surface area contributed by atoms with E-state index in [1.54, 1.807) is 0 Å². The van der Waals surface area contributed by atoms with E-state index in [2.05, 4.69) is 19.6 Å². The predicted octanol–water partition coefficient (Wildman–Crippen LogP) is 2.39. The van der Waals surface area contributed by atoms with Gasteiger partial charge < -0.3 is 14.9 Å². The van der Waals surface area contributed by atoms with E-state index in [-0.39, 0.29) is 5.95 Å². The van der Waals surface area contributed by atoms with Crippen molar-refractivity contribution in [1.29, 1.82) is 0 Å². The summed E-state index contributed by atoms with van der Waals surface area (Å²) in [5, 5.41) is 16.5. The molecule has 0 aromatic rings. The van der Waals surface area contributed by atoms with Crippen molar-refractivity contribution in [3.63, 3.8) is 0 Å². The average molecular weight is 220 g/mol. The zero-order valence-electron chi connectivity index (χ0n) is 9.50. The van der Waals surface area contributed by atoms with Gasteiger partial charge in [0.05, 0.1) is 14.7 Å². The summed E-state index contributed by atoms with van der Waals surface area (Å²) in [7, 11) is -1.29. The Morgan fingerprint density at radius 3 is 1.93 bits per heavy atom. The third kappa shape index (κ3) is 22.5. The van der Waals surface area contributed by atoms with Gasteiger partial charge in [-0.2, -0.15) is 0 Å². The van der Waals surface area contributed by atoms with E-state index in [4.69, 9.17) is 19.7 Å². The van der Waals surface area contributed by atoms with Crippen molar-refractivity contribution in [1.82, 2.24) is 0 Å². The summed E-state index contributed by atoms with van der Waals surface area (Å²) in [6.07, 6.45) is 0. The van der Waals surface area contributed by atoms with Gasteiger partial charge in [-0.1, -0.05) is 19.6 Å². The Hall–Kier alpha value is -0.973. The zero-order valence-corrected chi connectivity index (χ0v) is 10.5. The van der Waals surface area contributed by atoms with Gasteiger partial charge in [-0.25, -0.2) is 0 Å². The molecular formula is C9H20O4Si. The second-order valence-electron chi connectivity index (χ2n) is 3.80. The lowest BCUT2D eigenvalue weighted by atomic mass is 10.8. The minimum atomic E-state index is -1.29. The Balaban J connectivity index is 0. The molecule has 2 N–H and O–H groups in total. The lowest BCUT2D eigenvalue weighted by Crippen LogP contribution is -2.17. The van der Waals surface area contributed by atoms with Crippen LogP contribution in [0.5, 0.6) is 0 Å². The highest BCUT2D eigenvalue weighted by molar-refractivity contribution is 6.81. The lowest BCUT2D eigenvalue weighted by Gasteiger charge is -2.09. The van der Waals surface area contributed by atoms with Gasteiger partial charge in [0.1, 0.15) is 0 Å². The number of ether oxygens (including phenoxy) is 1. The highest BCUT2D eigenvalue weighted by Gasteiger charge is 2.10. The summed E-state index contributed by atoms with van der Waals surface area (Å²) < 4.78 is 4.87. The molecule has 0 spiro atoms. The molecule has 0 atom stereocenters. The number of rotatable bonds is 3. The zero-order chi connectivity index (χ0) is 11.8. The smallest absolute Gasteiger partial charge is 0.300 e. The van der Waals surface area contributed by atoms with Crippen LogP contribution in [0.1, 0.15) is 13.8 Å². The van der Waals surface area contributed by atoms with Crippen molar-refractivity contribution >= 4 is 14.0 Å². The van der Waals surface area contributed by atoms with Crippen LogP contribution in [-0.2, 0) is 9.53 Å². The first-order chi connectivity index (χ1) is 6.19. The molecule has 0 aromatic heterocycles. The first kappa shape index (κ1) is 15.5. The fourth-order valence-electron chi connectivity index (χ4n) is 0.560. The van der Waals surface area contributed by atoms with Crippen LogP contribution in [0, 0.1) is 0 Å². The largest absolute Gasteiger partial charge is 0.481 e. The van der Waals surface area contributed by atoms with Crippen molar-refractivity contribution in [3.05, 3.63) is 11.6 Å². The van der Waals surface area contributed by atoms with Crippen LogP contribution >= 0.6 is 0 Å². The molecule has 0 radical (unpaired) electrons. The number of carboxylic acids is 1. The molecule has 84 valence electrons. The van der Waals surface area contributed by atoms with Crippen molar-refractivity contribution in [2.24, 2.45) is 0 Å². The molecule has 5 heteroatoms. The van der Waals surface area contributed by atoms with Gasteiger partial charge in [0.2, 0.25) is 0 Å². The molecule has 0 fully saturated rings. The molecule has 0 amide bonds. The van der Waals surface area contributed by atoms with Crippen molar-refractivity contribution in [2.45, 2.75) is 33.5 Å². The van der Waals surface area contributed by atoms with Crippen molar-refractivity contribution < 1.29 is 19.7 Å². The molecule has 0 aliphatic carbocycles. The molecule has 0 aliphatic heterocycles. The van der Waals surface area contributed by atoms with E-state index in [1.807, 2.05) is 12.6 Å². The number of carboxylic acid groups (broad SMARTS) is 1. The van der Waals surface area contributed by atoms with Crippen LogP contribution in [-0.4, -0.2) is 30.9 Å². The quantitative estimate of drug-likeness (QED) is 0.566. The Morgan fingerprint density at radius 1 is 1.36 bits per heavy atom. The third-order valence-electron chi connectivity index (χ3n) is 0.849. The van der Waals surface area contributed by atoms with Crippen LogP contribution in [0.2, 0.25) is 19.6 Å². The summed E-state index contributed by atoms with van der Waals surface area (Å²) >= 11 is 0. The maximum atomic E-state index is 9.06. The summed E-state index contributed by atoms with van der Waals surface area (Å²) in [6, 6.07) is 0. The van der Waals surface area contributed by atoms with Gasteiger partial charge in [-0.15, -0.1) is 0 Å². The number of aliphatic hydroxyl groups is 1. The highest BCUT2D eigenvalue weighted by Crippen LogP contribution is 2.05. The second-order valence-corrected chi connectivity index (χ2v) is 8.82. The van der Waals surface area contributed by atoms with Crippen LogP contribution in [0.3, 0.4) is 0 Å². The van der Waals surface area contributed by atoms with E-state index in [0.717, 1.165) is 6.92 Å². The summed E-state index contributed by atoms with van der Waals surface area (Å²) in [5.74, 6) is -0.748. The number of aliphatic carboxylic acids is 1. The van der Waals surface area contributed by atoms with Crippen LogP contribution < -0.4 is 0 Å². The van der Waals surface area contributed by atoms with Gasteiger partial charge >= 0.3 is 0 Å². The highest BCUT2D eigenvalue weighted by atomic mass is 28.3. The molecular weight excluding hydrogens is 200 g/mol. The van der Waals surface area contributed by atoms with Gasteiger partial charge in [0.15, 0.2) is 0 Å². The Kier molecular flexibility index (Phi) is 8.23. The SMILES string of the molecule is CC(=O)O.CCOC(O)=C[Si](C)(C)C. The van der Waals surface area contributed by atoms with Gasteiger partial charge in [0.25, 0.3) is 11.9 Å². The van der Waals surface area contributed by atoms with E-state index >= 15 is 0 Å². The van der Waals surface area contributed by atoms with Gasteiger partial charge in [-0.05, 0) is 12.6 Å². The topological polar surface area (TPSA) is 66.8 Å². The Morgan fingerprint density at radius 2 is 1.71 bits per heavy atom. The third-order valence-corrected chi connectivity index (χ3v) is 1.96. The van der Waals surface area contributed by atoms with Crippen molar-refractivity contribution in [2.75, 3.05) is 6.61 Å². The maximum absolute atomic E-state index is 9.06. The normalized spacial score (nSPS) is 11.4. The van der Waals surface area contributed by atoms with E-state index < -0.39 is 14.0 Å².